The molecule has 0 saturated carbocycles. The Morgan fingerprint density at radius 2 is 1.81 bits per heavy atom. The molecular weight excluding hydrogens is 364 g/mol. The predicted molar refractivity (Wildman–Crippen MR) is 105 cm³/mol. The van der Waals surface area contributed by atoms with E-state index in [0.717, 1.165) is 69.7 Å². The quantitative estimate of drug-likeness (QED) is 0.791. The van der Waals surface area contributed by atoms with Crippen molar-refractivity contribution in [2.24, 2.45) is 17.8 Å². The van der Waals surface area contributed by atoms with E-state index in [0.29, 0.717) is 17.7 Å². The van der Waals surface area contributed by atoms with Gasteiger partial charge in [-0.1, -0.05) is 11.6 Å². The molecule has 7 heteroatoms. The molecule has 27 heavy (non-hydrogen) atoms. The van der Waals surface area contributed by atoms with Gasteiger partial charge in [-0.05, 0) is 50.4 Å². The van der Waals surface area contributed by atoms with Crippen molar-refractivity contribution < 1.29 is 9.53 Å². The minimum atomic E-state index is 0.104. The van der Waals surface area contributed by atoms with E-state index in [1.54, 1.807) is 6.20 Å². The third kappa shape index (κ3) is 4.54. The van der Waals surface area contributed by atoms with E-state index in [9.17, 15) is 4.79 Å². The Morgan fingerprint density at radius 1 is 1.04 bits per heavy atom. The Balaban J connectivity index is 1.28. The van der Waals surface area contributed by atoms with Gasteiger partial charge in [0.1, 0.15) is 11.0 Å². The van der Waals surface area contributed by atoms with Crippen LogP contribution < -0.4 is 4.90 Å². The number of halogens is 1. The number of carbonyl (C=O) groups excluding carboxylic acids is 1. The second kappa shape index (κ2) is 8.74. The zero-order valence-electron chi connectivity index (χ0n) is 15.9. The summed E-state index contributed by atoms with van der Waals surface area (Å²) in [6.45, 7) is 5.22. The van der Waals surface area contributed by atoms with Gasteiger partial charge < -0.3 is 14.5 Å². The van der Waals surface area contributed by atoms with Crippen molar-refractivity contribution in [3.8, 4) is 0 Å². The minimum absolute atomic E-state index is 0.104. The number of hydrogen-bond donors (Lipinski definition) is 0. The highest BCUT2D eigenvalue weighted by Gasteiger charge is 2.33. The molecule has 4 heterocycles. The molecule has 1 aromatic rings. The van der Waals surface area contributed by atoms with Gasteiger partial charge in [0.25, 0.3) is 0 Å². The smallest absolute Gasteiger partial charge is 0.228 e. The van der Waals surface area contributed by atoms with Gasteiger partial charge in [-0.15, -0.1) is 0 Å². The second-order valence-electron chi connectivity index (χ2n) is 8.10. The van der Waals surface area contributed by atoms with Crippen molar-refractivity contribution >= 4 is 23.3 Å². The topological polar surface area (TPSA) is 58.6 Å². The molecule has 1 amide bonds. The van der Waals surface area contributed by atoms with E-state index in [4.69, 9.17) is 16.3 Å². The number of nitrogens with zero attached hydrogens (tertiary/aromatic N) is 4. The number of hydrogen-bond acceptors (Lipinski definition) is 5. The van der Waals surface area contributed by atoms with Crippen LogP contribution >= 0.6 is 11.6 Å². The molecule has 148 valence electrons. The lowest BCUT2D eigenvalue weighted by Crippen LogP contribution is -2.43. The summed E-state index contributed by atoms with van der Waals surface area (Å²) in [6.07, 6.45) is 10.2. The lowest BCUT2D eigenvalue weighted by molar-refractivity contribution is -0.137. The van der Waals surface area contributed by atoms with Gasteiger partial charge in [-0.25, -0.2) is 4.98 Å². The molecule has 1 aromatic heterocycles. The molecule has 2 unspecified atom stereocenters. The highest BCUT2D eigenvalue weighted by Crippen LogP contribution is 2.34. The number of ether oxygens (including phenoxy) is 1. The van der Waals surface area contributed by atoms with E-state index in [1.807, 2.05) is 6.20 Å². The van der Waals surface area contributed by atoms with Crippen LogP contribution in [0.3, 0.4) is 0 Å². The zero-order valence-corrected chi connectivity index (χ0v) is 16.6. The largest absolute Gasteiger partial charge is 0.381 e. The molecule has 0 radical (unpaired) electrons. The Bertz CT molecular complexity index is 645. The summed E-state index contributed by atoms with van der Waals surface area (Å²) in [5, 5.41) is 0.456. The first-order chi connectivity index (χ1) is 13.2. The van der Waals surface area contributed by atoms with E-state index >= 15 is 0 Å². The van der Waals surface area contributed by atoms with Crippen LogP contribution in [0.25, 0.3) is 0 Å². The van der Waals surface area contributed by atoms with E-state index in [1.165, 1.54) is 19.3 Å². The summed E-state index contributed by atoms with van der Waals surface area (Å²) in [5.74, 6) is 2.79. The maximum absolute atomic E-state index is 12.6. The summed E-state index contributed by atoms with van der Waals surface area (Å²) in [5.41, 5.74) is 0. The van der Waals surface area contributed by atoms with Crippen LogP contribution in [-0.2, 0) is 9.53 Å². The summed E-state index contributed by atoms with van der Waals surface area (Å²) < 4.78 is 5.38. The summed E-state index contributed by atoms with van der Waals surface area (Å²) >= 11 is 6.00. The lowest BCUT2D eigenvalue weighted by atomic mass is 9.80. The van der Waals surface area contributed by atoms with Gasteiger partial charge >= 0.3 is 0 Å². The molecule has 0 N–H and O–H groups in total. The van der Waals surface area contributed by atoms with Crippen molar-refractivity contribution in [3.05, 3.63) is 17.5 Å². The van der Waals surface area contributed by atoms with E-state index in [-0.39, 0.29) is 5.92 Å². The van der Waals surface area contributed by atoms with Gasteiger partial charge in [-0.2, -0.15) is 0 Å². The minimum Gasteiger partial charge on any atom is -0.381 e. The van der Waals surface area contributed by atoms with Crippen LogP contribution in [0.4, 0.5) is 5.82 Å². The molecule has 0 aromatic carbocycles. The second-order valence-corrected chi connectivity index (χ2v) is 8.49. The summed E-state index contributed by atoms with van der Waals surface area (Å²) in [6, 6.07) is 0. The monoisotopic (exact) mass is 392 g/mol. The Labute approximate surface area is 166 Å². The normalized spacial score (nSPS) is 27.6. The number of anilines is 1. The molecule has 4 rings (SSSR count). The average Bonchev–Trinajstić information content (AvgIpc) is 3.12. The Hall–Kier alpha value is -1.40. The fraction of sp³-hybridized carbons (Fsp3) is 0.750. The number of carbonyl (C=O) groups is 1. The third-order valence-corrected chi connectivity index (χ3v) is 6.67. The van der Waals surface area contributed by atoms with Crippen LogP contribution in [0.5, 0.6) is 0 Å². The van der Waals surface area contributed by atoms with Gasteiger partial charge in [-0.3, -0.25) is 9.78 Å². The van der Waals surface area contributed by atoms with Gasteiger partial charge in [0, 0.05) is 32.8 Å². The third-order valence-electron chi connectivity index (χ3n) is 6.49. The Kier molecular flexibility index (Phi) is 6.13. The van der Waals surface area contributed by atoms with E-state index < -0.39 is 0 Å². The van der Waals surface area contributed by atoms with Crippen molar-refractivity contribution in [1.29, 1.82) is 0 Å². The fourth-order valence-corrected chi connectivity index (χ4v) is 5.03. The number of piperidine rings is 1. The van der Waals surface area contributed by atoms with Crippen molar-refractivity contribution in [2.75, 3.05) is 44.3 Å². The first kappa shape index (κ1) is 18.9. The summed E-state index contributed by atoms with van der Waals surface area (Å²) in [4.78, 5) is 25.6. The first-order valence-electron chi connectivity index (χ1n) is 10.3. The van der Waals surface area contributed by atoms with Gasteiger partial charge in [0.2, 0.25) is 5.91 Å². The molecule has 3 aliphatic heterocycles. The van der Waals surface area contributed by atoms with Crippen molar-refractivity contribution in [3.63, 3.8) is 0 Å². The lowest BCUT2D eigenvalue weighted by Gasteiger charge is -2.37. The molecule has 0 bridgehead atoms. The van der Waals surface area contributed by atoms with Crippen LogP contribution in [0.15, 0.2) is 12.4 Å². The Morgan fingerprint density at radius 3 is 2.56 bits per heavy atom. The van der Waals surface area contributed by atoms with E-state index in [2.05, 4.69) is 19.8 Å². The molecular formula is C20H29ClN4O2. The maximum Gasteiger partial charge on any atom is 0.228 e. The molecule has 3 fully saturated rings. The molecule has 0 aliphatic carbocycles. The summed E-state index contributed by atoms with van der Waals surface area (Å²) in [7, 11) is 0. The molecule has 3 saturated heterocycles. The van der Waals surface area contributed by atoms with Gasteiger partial charge in [0.05, 0.1) is 24.9 Å². The van der Waals surface area contributed by atoms with Crippen molar-refractivity contribution in [2.45, 2.75) is 38.5 Å². The van der Waals surface area contributed by atoms with Crippen LogP contribution in [0, 0.1) is 17.8 Å². The molecule has 6 nitrogen and oxygen atoms in total. The van der Waals surface area contributed by atoms with Crippen LogP contribution in [0.1, 0.15) is 38.5 Å². The van der Waals surface area contributed by atoms with Crippen LogP contribution in [0.2, 0.25) is 5.15 Å². The number of rotatable bonds is 3. The first-order valence-corrected chi connectivity index (χ1v) is 10.7. The number of aromatic nitrogens is 2. The maximum atomic E-state index is 12.6. The SMILES string of the molecule is O=C(C1CCOC1)N1CCC(C2CCCN(c3cncc(Cl)n3)CC2)CC1. The molecule has 0 spiro atoms. The standard InChI is InChI=1S/C20H29ClN4O2/c21-18-12-22-13-19(23-18)24-7-1-2-15(3-8-24)16-4-9-25(10-5-16)20(26)17-6-11-27-14-17/h12-13,15-17H,1-11,14H2. The fourth-order valence-electron chi connectivity index (χ4n) is 4.89. The van der Waals surface area contributed by atoms with Crippen LogP contribution in [-0.4, -0.2) is 60.2 Å². The highest BCUT2D eigenvalue weighted by atomic mass is 35.5. The predicted octanol–water partition coefficient (Wildman–Crippen LogP) is 3.01. The van der Waals surface area contributed by atoms with Crippen molar-refractivity contribution in [1.82, 2.24) is 14.9 Å². The zero-order chi connectivity index (χ0) is 18.6. The van der Waals surface area contributed by atoms with Gasteiger partial charge in [0.15, 0.2) is 0 Å². The molecule has 2 atom stereocenters. The number of amides is 1. The highest BCUT2D eigenvalue weighted by molar-refractivity contribution is 6.29. The molecule has 3 aliphatic rings. The average molecular weight is 393 g/mol. The number of likely N-dealkylation sites (tertiary alicyclic amines) is 1.